The van der Waals surface area contributed by atoms with E-state index in [4.69, 9.17) is 37.9 Å². The van der Waals surface area contributed by atoms with E-state index in [1.165, 1.54) is 11.1 Å². The Morgan fingerprint density at radius 1 is 0.857 bits per heavy atom. The number of pyridine rings is 1. The number of methoxy groups -OCH3 is 1. The molecule has 1 fully saturated rings. The summed E-state index contributed by atoms with van der Waals surface area (Å²) in [5.41, 5.74) is 3.60. The van der Waals surface area contributed by atoms with Crippen molar-refractivity contribution in [3.05, 3.63) is 42.1 Å². The molecule has 0 bridgehead atoms. The van der Waals surface area contributed by atoms with Crippen molar-refractivity contribution in [2.24, 2.45) is 0 Å². The van der Waals surface area contributed by atoms with E-state index in [0.29, 0.717) is 45.4 Å². The van der Waals surface area contributed by atoms with Gasteiger partial charge in [0.2, 0.25) is 12.5 Å². The molecule has 3 aliphatic heterocycles. The Labute approximate surface area is 252 Å². The maximum absolute atomic E-state index is 6.21. The van der Waals surface area contributed by atoms with Gasteiger partial charge in [0.15, 0.2) is 35.7 Å². The molecule has 0 N–H and O–H groups in total. The molecule has 3 aliphatic rings. The molecule has 0 atom stereocenters. The summed E-state index contributed by atoms with van der Waals surface area (Å²) in [6.45, 7) is 9.45. The number of hydrogen-bond acceptors (Lipinski definition) is 9. The summed E-state index contributed by atoms with van der Waals surface area (Å²) in [7, 11) is 1.67. The van der Waals surface area contributed by atoms with Gasteiger partial charge in [-0.25, -0.2) is 0 Å². The van der Waals surface area contributed by atoms with Crippen LogP contribution in [-0.4, -0.2) is 97.9 Å². The van der Waals surface area contributed by atoms with Crippen molar-refractivity contribution < 1.29 is 54.9 Å². The summed E-state index contributed by atoms with van der Waals surface area (Å²) in [4.78, 5) is 2.36. The lowest BCUT2D eigenvalue weighted by Gasteiger charge is -2.26. The summed E-state index contributed by atoms with van der Waals surface area (Å²) < 4.78 is 47.7. The molecule has 3 aromatic rings. The van der Waals surface area contributed by atoms with Crippen LogP contribution >= 0.6 is 0 Å². The lowest BCUT2D eigenvalue weighted by molar-refractivity contribution is -0.686. The lowest BCUT2D eigenvalue weighted by atomic mass is 9.95. The van der Waals surface area contributed by atoms with E-state index in [-0.39, 0.29) is 19.2 Å². The highest BCUT2D eigenvalue weighted by atomic mass is 35.5. The van der Waals surface area contributed by atoms with E-state index in [1.807, 2.05) is 6.07 Å². The number of halogens is 1. The Morgan fingerprint density at radius 3 is 2.33 bits per heavy atom. The monoisotopic (exact) mass is 602 g/mol. The van der Waals surface area contributed by atoms with E-state index in [0.717, 1.165) is 86.1 Å². The van der Waals surface area contributed by atoms with Crippen LogP contribution in [0.25, 0.3) is 22.0 Å². The topological polar surface area (TPSA) is 81.0 Å². The first-order chi connectivity index (χ1) is 20.3. The van der Waals surface area contributed by atoms with Gasteiger partial charge in [-0.3, -0.25) is 4.90 Å². The van der Waals surface area contributed by atoms with Crippen LogP contribution in [0, 0.1) is 0 Å². The average Bonchev–Trinajstić information content (AvgIpc) is 3.47. The van der Waals surface area contributed by atoms with E-state index in [1.54, 1.807) is 7.11 Å². The number of hydrogen-bond donors (Lipinski definition) is 0. The fourth-order valence-corrected chi connectivity index (χ4v) is 5.47. The standard InChI is InChI=1S/C31H39N2O8.ClH/c1-34-28-3-2-23-18-27-25-20-30-29(40-22-41-30)19-24(25)4-5-33(27)21-26(23)31(28)39-17-16-38-15-14-37-13-12-36-11-8-32-6-9-35-10-7-32;/h2-3,18-21H,4-17,22H2,1H3;1H/q+1;/p-1. The van der Waals surface area contributed by atoms with Crippen LogP contribution in [0.5, 0.6) is 23.0 Å². The molecule has 4 heterocycles. The normalized spacial score (nSPS) is 15.6. The van der Waals surface area contributed by atoms with Crippen molar-refractivity contribution in [1.82, 2.24) is 4.90 Å². The fraction of sp³-hybridized carbons (Fsp3) is 0.516. The zero-order valence-corrected chi connectivity index (χ0v) is 24.9. The summed E-state index contributed by atoms with van der Waals surface area (Å²) in [6, 6.07) is 10.4. The van der Waals surface area contributed by atoms with Gasteiger partial charge < -0.3 is 50.3 Å². The van der Waals surface area contributed by atoms with Gasteiger partial charge in [0, 0.05) is 32.1 Å². The van der Waals surface area contributed by atoms with Gasteiger partial charge in [-0.1, -0.05) is 0 Å². The molecule has 0 radical (unpaired) electrons. The zero-order valence-electron chi connectivity index (χ0n) is 24.1. The maximum Gasteiger partial charge on any atom is 0.231 e. The van der Waals surface area contributed by atoms with Gasteiger partial charge in [0.05, 0.1) is 70.9 Å². The highest BCUT2D eigenvalue weighted by Crippen LogP contribution is 2.41. The summed E-state index contributed by atoms with van der Waals surface area (Å²) in [6.07, 6.45) is 3.08. The molecule has 1 saturated heterocycles. The second-order valence-corrected chi connectivity index (χ2v) is 10.2. The van der Waals surface area contributed by atoms with Gasteiger partial charge in [0.25, 0.3) is 0 Å². The van der Waals surface area contributed by atoms with Crippen LogP contribution in [0.15, 0.2) is 36.5 Å². The van der Waals surface area contributed by atoms with Gasteiger partial charge in [0.1, 0.15) is 6.61 Å². The molecule has 0 unspecified atom stereocenters. The molecule has 0 aliphatic carbocycles. The second kappa shape index (κ2) is 15.0. The molecule has 0 spiro atoms. The number of aromatic nitrogens is 1. The molecular formula is C31H39ClN2O8. The number of benzene rings is 2. The number of ether oxygens (including phenoxy) is 8. The first-order valence-corrected chi connectivity index (χ1v) is 14.4. The van der Waals surface area contributed by atoms with E-state index >= 15 is 0 Å². The van der Waals surface area contributed by atoms with Crippen LogP contribution in [0.1, 0.15) is 5.56 Å². The Balaban J connectivity index is 0.00000353. The Hall–Kier alpha value is -2.86. The maximum atomic E-state index is 6.21. The SMILES string of the molecule is COc1ccc2cc3[n+](cc2c1OCCOCCOCCOCCN1CCOCC1)CCc1cc2c(cc1-3)OCO2.[Cl-]. The fourth-order valence-electron chi connectivity index (χ4n) is 5.47. The molecule has 42 heavy (non-hydrogen) atoms. The smallest absolute Gasteiger partial charge is 0.231 e. The Morgan fingerprint density at radius 2 is 1.57 bits per heavy atom. The summed E-state index contributed by atoms with van der Waals surface area (Å²) in [5, 5.41) is 2.09. The van der Waals surface area contributed by atoms with Crippen molar-refractivity contribution in [3.8, 4) is 34.3 Å². The number of aryl methyl sites for hydroxylation is 2. The van der Waals surface area contributed by atoms with Gasteiger partial charge in [-0.2, -0.15) is 4.57 Å². The van der Waals surface area contributed by atoms with E-state index in [9.17, 15) is 0 Å². The third kappa shape index (κ3) is 7.19. The molecule has 1 aromatic heterocycles. The molecule has 0 amide bonds. The number of rotatable bonds is 14. The average molecular weight is 603 g/mol. The summed E-state index contributed by atoms with van der Waals surface area (Å²) in [5.74, 6) is 3.06. The molecule has 0 saturated carbocycles. The van der Waals surface area contributed by atoms with Crippen molar-refractivity contribution in [1.29, 1.82) is 0 Å². The molecule has 11 heteroatoms. The third-order valence-electron chi connectivity index (χ3n) is 7.67. The van der Waals surface area contributed by atoms with Crippen LogP contribution in [0.3, 0.4) is 0 Å². The number of nitrogens with zero attached hydrogens (tertiary/aromatic N) is 2. The quantitative estimate of drug-likeness (QED) is 0.185. The minimum Gasteiger partial charge on any atom is -1.00 e. The molecule has 2 aromatic carbocycles. The largest absolute Gasteiger partial charge is 1.00 e. The van der Waals surface area contributed by atoms with E-state index in [2.05, 4.69) is 39.9 Å². The minimum absolute atomic E-state index is 0. The van der Waals surface area contributed by atoms with Gasteiger partial charge in [-0.05, 0) is 35.2 Å². The van der Waals surface area contributed by atoms with Gasteiger partial charge >= 0.3 is 0 Å². The lowest BCUT2D eigenvalue weighted by Crippen LogP contribution is -3.00. The number of fused-ring (bicyclic) bond motifs is 5. The van der Waals surface area contributed by atoms with Crippen LogP contribution in [-0.2, 0) is 31.9 Å². The van der Waals surface area contributed by atoms with Crippen molar-refractivity contribution >= 4 is 10.8 Å². The Bertz CT molecular complexity index is 1330. The second-order valence-electron chi connectivity index (χ2n) is 10.2. The first kappa shape index (κ1) is 30.6. The van der Waals surface area contributed by atoms with Crippen molar-refractivity contribution in [2.45, 2.75) is 13.0 Å². The molecule has 10 nitrogen and oxygen atoms in total. The predicted octanol–water partition coefficient (Wildman–Crippen LogP) is -0.147. The Kier molecular flexibility index (Phi) is 11.0. The van der Waals surface area contributed by atoms with E-state index < -0.39 is 0 Å². The minimum atomic E-state index is 0. The zero-order chi connectivity index (χ0) is 27.9. The van der Waals surface area contributed by atoms with Gasteiger partial charge in [-0.15, -0.1) is 0 Å². The highest BCUT2D eigenvalue weighted by Gasteiger charge is 2.28. The number of morpholine rings is 1. The van der Waals surface area contributed by atoms with Crippen molar-refractivity contribution in [2.75, 3.05) is 93.0 Å². The summed E-state index contributed by atoms with van der Waals surface area (Å²) >= 11 is 0. The first-order valence-electron chi connectivity index (χ1n) is 14.4. The molecule has 6 rings (SSSR count). The van der Waals surface area contributed by atoms with Crippen LogP contribution < -0.4 is 35.9 Å². The van der Waals surface area contributed by atoms with Crippen LogP contribution in [0.2, 0.25) is 0 Å². The van der Waals surface area contributed by atoms with Crippen LogP contribution in [0.4, 0.5) is 0 Å². The molecular weight excluding hydrogens is 564 g/mol. The van der Waals surface area contributed by atoms with Crippen molar-refractivity contribution in [3.63, 3.8) is 0 Å². The highest BCUT2D eigenvalue weighted by molar-refractivity contribution is 5.91. The molecule has 228 valence electrons. The third-order valence-corrected chi connectivity index (χ3v) is 7.67. The predicted molar refractivity (Wildman–Crippen MR) is 151 cm³/mol.